The smallest absolute Gasteiger partial charge is 0.172 e. The monoisotopic (exact) mass is 284 g/mol. The number of rotatable bonds is 3. The number of nitrogens with two attached hydrogens (primary N) is 1. The zero-order valence-electron chi connectivity index (χ0n) is 10.2. The highest BCUT2D eigenvalue weighted by atomic mass is 35.5. The van der Waals surface area contributed by atoms with Crippen LogP contribution in [0.2, 0.25) is 10.0 Å². The molecule has 18 heavy (non-hydrogen) atoms. The van der Waals surface area contributed by atoms with Crippen LogP contribution in [-0.4, -0.2) is 5.16 Å². The summed E-state index contributed by atoms with van der Waals surface area (Å²) in [5, 5.41) is 4.82. The van der Waals surface area contributed by atoms with Gasteiger partial charge in [-0.2, -0.15) is 0 Å². The number of hydrogen-bond acceptors (Lipinski definition) is 3. The van der Waals surface area contributed by atoms with E-state index in [-0.39, 0.29) is 0 Å². The Hall–Kier alpha value is -1.19. The van der Waals surface area contributed by atoms with Crippen molar-refractivity contribution in [2.24, 2.45) is 5.92 Å². The third-order valence-corrected chi connectivity index (χ3v) is 3.35. The molecule has 96 valence electrons. The quantitative estimate of drug-likeness (QED) is 0.907. The van der Waals surface area contributed by atoms with Crippen molar-refractivity contribution in [2.75, 3.05) is 5.73 Å². The molecule has 1 aromatic carbocycles. The molecule has 2 rings (SSSR count). The fourth-order valence-corrected chi connectivity index (χ4v) is 2.09. The van der Waals surface area contributed by atoms with Gasteiger partial charge < -0.3 is 10.3 Å². The van der Waals surface area contributed by atoms with Crippen LogP contribution in [-0.2, 0) is 6.42 Å². The van der Waals surface area contributed by atoms with Gasteiger partial charge in [-0.1, -0.05) is 42.2 Å². The highest BCUT2D eigenvalue weighted by Gasteiger charge is 2.17. The average molecular weight is 285 g/mol. The highest BCUT2D eigenvalue weighted by Crippen LogP contribution is 2.33. The van der Waals surface area contributed by atoms with Crippen LogP contribution in [0.25, 0.3) is 11.3 Å². The predicted octanol–water partition coefficient (Wildman–Crippen LogP) is 4.43. The number of halogens is 2. The van der Waals surface area contributed by atoms with Crippen molar-refractivity contribution in [1.29, 1.82) is 0 Å². The summed E-state index contributed by atoms with van der Waals surface area (Å²) >= 11 is 11.9. The standard InChI is InChI=1S/C13H14Cl2N2O/c1-7(2)5-9-12(18-17-13(9)16)8-3-4-10(14)11(15)6-8/h3-4,6-7H,5H2,1-2H3,(H2,16,17). The Balaban J connectivity index is 2.47. The van der Waals surface area contributed by atoms with Crippen molar-refractivity contribution in [1.82, 2.24) is 5.16 Å². The Morgan fingerprint density at radius 2 is 2.00 bits per heavy atom. The van der Waals surface area contributed by atoms with Crippen molar-refractivity contribution in [3.05, 3.63) is 33.8 Å². The van der Waals surface area contributed by atoms with Crippen LogP contribution in [0.1, 0.15) is 19.4 Å². The topological polar surface area (TPSA) is 52.0 Å². The van der Waals surface area contributed by atoms with E-state index in [0.717, 1.165) is 17.5 Å². The first kappa shape index (κ1) is 13.2. The maximum absolute atomic E-state index is 6.00. The molecule has 0 radical (unpaired) electrons. The number of nitrogens with zero attached hydrogens (tertiary/aromatic N) is 1. The van der Waals surface area contributed by atoms with Crippen molar-refractivity contribution in [3.63, 3.8) is 0 Å². The minimum atomic E-state index is 0.435. The second kappa shape index (κ2) is 5.21. The first-order valence-electron chi connectivity index (χ1n) is 5.68. The van der Waals surface area contributed by atoms with Gasteiger partial charge in [0.15, 0.2) is 11.6 Å². The van der Waals surface area contributed by atoms with Crippen LogP contribution in [0.4, 0.5) is 5.82 Å². The molecule has 0 saturated heterocycles. The molecule has 1 heterocycles. The molecule has 0 aliphatic carbocycles. The van der Waals surface area contributed by atoms with E-state index in [2.05, 4.69) is 19.0 Å². The number of anilines is 1. The van der Waals surface area contributed by atoms with Gasteiger partial charge in [0.1, 0.15) is 0 Å². The molecule has 0 atom stereocenters. The largest absolute Gasteiger partial charge is 0.381 e. The number of benzene rings is 1. The molecule has 5 heteroatoms. The van der Waals surface area contributed by atoms with E-state index >= 15 is 0 Å². The van der Waals surface area contributed by atoms with Crippen LogP contribution in [0.15, 0.2) is 22.7 Å². The second-order valence-corrected chi connectivity index (χ2v) is 5.42. The Labute approximate surface area is 116 Å². The molecule has 0 aliphatic rings. The molecule has 3 nitrogen and oxygen atoms in total. The van der Waals surface area contributed by atoms with E-state index in [9.17, 15) is 0 Å². The Bertz CT molecular complexity index is 564. The van der Waals surface area contributed by atoms with Crippen LogP contribution < -0.4 is 5.73 Å². The molecule has 0 amide bonds. The predicted molar refractivity (Wildman–Crippen MR) is 74.9 cm³/mol. The zero-order valence-corrected chi connectivity index (χ0v) is 11.7. The van der Waals surface area contributed by atoms with Crippen LogP contribution >= 0.6 is 23.2 Å². The Morgan fingerprint density at radius 1 is 1.28 bits per heavy atom. The summed E-state index contributed by atoms with van der Waals surface area (Å²) in [6, 6.07) is 5.34. The maximum Gasteiger partial charge on any atom is 0.172 e. The summed E-state index contributed by atoms with van der Waals surface area (Å²) in [7, 11) is 0. The van der Waals surface area contributed by atoms with Crippen LogP contribution in [0, 0.1) is 5.92 Å². The lowest BCUT2D eigenvalue weighted by atomic mass is 10.00. The second-order valence-electron chi connectivity index (χ2n) is 4.60. The summed E-state index contributed by atoms with van der Waals surface area (Å²) in [5.74, 6) is 1.57. The van der Waals surface area contributed by atoms with E-state index in [0.29, 0.717) is 27.5 Å². The minimum Gasteiger partial charge on any atom is -0.381 e. The van der Waals surface area contributed by atoms with Gasteiger partial charge in [-0.05, 0) is 30.5 Å². The molecule has 0 fully saturated rings. The Kier molecular flexibility index (Phi) is 3.83. The third-order valence-electron chi connectivity index (χ3n) is 2.61. The van der Waals surface area contributed by atoms with Crippen molar-refractivity contribution < 1.29 is 4.52 Å². The maximum atomic E-state index is 6.00. The van der Waals surface area contributed by atoms with Crippen LogP contribution in [0.5, 0.6) is 0 Å². The van der Waals surface area contributed by atoms with Crippen molar-refractivity contribution in [3.8, 4) is 11.3 Å². The molecular weight excluding hydrogens is 271 g/mol. The van der Waals surface area contributed by atoms with E-state index < -0.39 is 0 Å². The summed E-state index contributed by atoms with van der Waals surface area (Å²) in [6.45, 7) is 4.23. The molecule has 1 aromatic heterocycles. The van der Waals surface area contributed by atoms with E-state index in [1.165, 1.54) is 0 Å². The average Bonchev–Trinajstić information content (AvgIpc) is 2.64. The minimum absolute atomic E-state index is 0.435. The van der Waals surface area contributed by atoms with Gasteiger partial charge in [0, 0.05) is 11.1 Å². The molecule has 0 bridgehead atoms. The SMILES string of the molecule is CC(C)Cc1c(N)noc1-c1ccc(Cl)c(Cl)c1. The van der Waals surface area contributed by atoms with Gasteiger partial charge in [-0.15, -0.1) is 0 Å². The van der Waals surface area contributed by atoms with Gasteiger partial charge in [0.2, 0.25) is 0 Å². The Morgan fingerprint density at radius 3 is 2.61 bits per heavy atom. The van der Waals surface area contributed by atoms with Crippen molar-refractivity contribution in [2.45, 2.75) is 20.3 Å². The third kappa shape index (κ3) is 2.62. The fourth-order valence-electron chi connectivity index (χ4n) is 1.79. The molecule has 2 N–H and O–H groups in total. The summed E-state index contributed by atoms with van der Waals surface area (Å²) in [5.41, 5.74) is 7.59. The normalized spacial score (nSPS) is 11.2. The van der Waals surface area contributed by atoms with E-state index in [4.69, 9.17) is 33.5 Å². The van der Waals surface area contributed by atoms with Gasteiger partial charge in [-0.25, -0.2) is 0 Å². The molecule has 0 saturated carbocycles. The van der Waals surface area contributed by atoms with Gasteiger partial charge >= 0.3 is 0 Å². The molecule has 0 aliphatic heterocycles. The zero-order chi connectivity index (χ0) is 13.3. The van der Waals surface area contributed by atoms with Crippen molar-refractivity contribution >= 4 is 29.0 Å². The number of nitrogen functional groups attached to an aromatic ring is 1. The summed E-state index contributed by atoms with van der Waals surface area (Å²) in [6.07, 6.45) is 0.810. The van der Waals surface area contributed by atoms with Gasteiger partial charge in [0.05, 0.1) is 10.0 Å². The van der Waals surface area contributed by atoms with E-state index in [1.54, 1.807) is 12.1 Å². The van der Waals surface area contributed by atoms with Gasteiger partial charge in [0.25, 0.3) is 0 Å². The molecule has 0 unspecified atom stereocenters. The lowest BCUT2D eigenvalue weighted by Gasteiger charge is -2.06. The van der Waals surface area contributed by atoms with Crippen LogP contribution in [0.3, 0.4) is 0 Å². The lowest BCUT2D eigenvalue weighted by Crippen LogP contribution is -1.98. The molecule has 0 spiro atoms. The highest BCUT2D eigenvalue weighted by molar-refractivity contribution is 6.42. The number of hydrogen-bond donors (Lipinski definition) is 1. The first-order valence-corrected chi connectivity index (χ1v) is 6.44. The fraction of sp³-hybridized carbons (Fsp3) is 0.308. The molecular formula is C13H14Cl2N2O. The summed E-state index contributed by atoms with van der Waals surface area (Å²) in [4.78, 5) is 0. The van der Waals surface area contributed by atoms with Gasteiger partial charge in [-0.3, -0.25) is 0 Å². The lowest BCUT2D eigenvalue weighted by molar-refractivity contribution is 0.434. The molecule has 2 aromatic rings. The summed E-state index contributed by atoms with van der Waals surface area (Å²) < 4.78 is 5.30. The first-order chi connectivity index (χ1) is 8.49. The van der Waals surface area contributed by atoms with E-state index in [1.807, 2.05) is 6.07 Å². The number of aromatic nitrogens is 1.